The molecule has 0 N–H and O–H groups in total. The van der Waals surface area contributed by atoms with Crippen LogP contribution < -0.4 is 20.7 Å². The third-order valence-electron chi connectivity index (χ3n) is 13.5. The van der Waals surface area contributed by atoms with Crippen molar-refractivity contribution in [3.05, 3.63) is 243 Å². The Labute approximate surface area is 371 Å². The molecule has 3 heterocycles. The Morgan fingerprint density at radius 2 is 0.797 bits per heavy atom. The van der Waals surface area contributed by atoms with Crippen LogP contribution in [0.1, 0.15) is 0 Å². The SMILES string of the molecule is c1ccc([Si](c2ccccc2)(c2ccccc2)c2cccc(-n3c4ccccc4c4cc(-n5c6ccccc6c6ccc(-c7cccc8oc9ccccc9c78)cc65)ccc43)c2)cc1. The lowest BCUT2D eigenvalue weighted by molar-refractivity contribution is 0.669. The number of para-hydroxylation sites is 3. The van der Waals surface area contributed by atoms with Gasteiger partial charge in [0, 0.05) is 43.7 Å². The molecule has 10 aromatic carbocycles. The molecule has 0 bridgehead atoms. The maximum atomic E-state index is 6.33. The minimum Gasteiger partial charge on any atom is -0.456 e. The zero-order valence-electron chi connectivity index (χ0n) is 34.9. The van der Waals surface area contributed by atoms with E-state index in [1.54, 1.807) is 0 Å². The summed E-state index contributed by atoms with van der Waals surface area (Å²) in [6.45, 7) is 0. The van der Waals surface area contributed by atoms with Crippen LogP contribution in [0.5, 0.6) is 0 Å². The number of furan rings is 1. The fourth-order valence-corrected chi connectivity index (χ4v) is 15.5. The zero-order chi connectivity index (χ0) is 42.2. The molecule has 0 spiro atoms. The molecule has 0 saturated heterocycles. The van der Waals surface area contributed by atoms with Gasteiger partial charge in [0.1, 0.15) is 11.2 Å². The Hall–Kier alpha value is -8.18. The van der Waals surface area contributed by atoms with E-state index in [2.05, 4.69) is 246 Å². The van der Waals surface area contributed by atoms with Crippen molar-refractivity contribution in [2.75, 3.05) is 0 Å². The van der Waals surface area contributed by atoms with E-state index in [0.29, 0.717) is 0 Å². The molecule has 0 radical (unpaired) electrons. The molecule has 0 aliphatic rings. The molecule has 0 atom stereocenters. The van der Waals surface area contributed by atoms with Gasteiger partial charge in [-0.05, 0) is 92.5 Å². The molecule has 0 aliphatic heterocycles. The summed E-state index contributed by atoms with van der Waals surface area (Å²) >= 11 is 0. The first-order valence-electron chi connectivity index (χ1n) is 22.0. The number of hydrogen-bond acceptors (Lipinski definition) is 1. The minimum atomic E-state index is -2.75. The summed E-state index contributed by atoms with van der Waals surface area (Å²) in [5.74, 6) is 0. The van der Waals surface area contributed by atoms with E-state index < -0.39 is 8.07 Å². The van der Waals surface area contributed by atoms with E-state index in [1.165, 1.54) is 69.9 Å². The van der Waals surface area contributed by atoms with E-state index in [0.717, 1.165) is 38.9 Å². The van der Waals surface area contributed by atoms with Gasteiger partial charge in [-0.1, -0.05) is 182 Å². The highest BCUT2D eigenvalue weighted by Crippen LogP contribution is 2.41. The Bertz CT molecular complexity index is 3800. The molecule has 13 aromatic rings. The third kappa shape index (κ3) is 5.39. The van der Waals surface area contributed by atoms with E-state index in [1.807, 2.05) is 6.07 Å². The standard InChI is InChI=1S/C60H40N2OSi/c1-4-19-44(20-5-1)64(45-21-6-2-7-22-45,46-23-8-3-9-24-46)47-25-16-18-42(39-47)61-55-31-14-11-27-50(55)53-40-43(35-37-56(53)61)62-54-30-13-10-26-49(54)51-36-34-41(38-57(51)62)48-29-17-33-59-60(48)52-28-12-15-32-58(52)63-59/h1-40H. The van der Waals surface area contributed by atoms with Crippen molar-refractivity contribution < 1.29 is 4.42 Å². The number of benzene rings is 10. The van der Waals surface area contributed by atoms with Gasteiger partial charge in [-0.15, -0.1) is 0 Å². The van der Waals surface area contributed by atoms with E-state index in [-0.39, 0.29) is 0 Å². The highest BCUT2D eigenvalue weighted by Gasteiger charge is 2.41. The average molecular weight is 833 g/mol. The highest BCUT2D eigenvalue weighted by molar-refractivity contribution is 7.19. The van der Waals surface area contributed by atoms with Crippen molar-refractivity contribution in [2.45, 2.75) is 0 Å². The summed E-state index contributed by atoms with van der Waals surface area (Å²) in [4.78, 5) is 0. The second-order valence-electron chi connectivity index (χ2n) is 16.8. The summed E-state index contributed by atoms with van der Waals surface area (Å²) < 4.78 is 11.3. The van der Waals surface area contributed by atoms with Gasteiger partial charge in [0.25, 0.3) is 0 Å². The Morgan fingerprint density at radius 1 is 0.297 bits per heavy atom. The molecule has 0 saturated carbocycles. The Morgan fingerprint density at radius 3 is 1.48 bits per heavy atom. The Kier molecular flexibility index (Phi) is 8.23. The predicted molar refractivity (Wildman–Crippen MR) is 271 cm³/mol. The molecule has 64 heavy (non-hydrogen) atoms. The van der Waals surface area contributed by atoms with Gasteiger partial charge in [-0.3, -0.25) is 0 Å². The summed E-state index contributed by atoms with van der Waals surface area (Å²) in [5.41, 5.74) is 11.1. The molecule has 300 valence electrons. The van der Waals surface area contributed by atoms with Gasteiger partial charge in [0.15, 0.2) is 8.07 Å². The molecule has 3 nitrogen and oxygen atoms in total. The monoisotopic (exact) mass is 832 g/mol. The molecule has 0 aliphatic carbocycles. The number of hydrogen-bond donors (Lipinski definition) is 0. The quantitative estimate of drug-likeness (QED) is 0.116. The topological polar surface area (TPSA) is 23.0 Å². The molecule has 0 amide bonds. The van der Waals surface area contributed by atoms with E-state index in [4.69, 9.17) is 4.42 Å². The van der Waals surface area contributed by atoms with Crippen molar-refractivity contribution in [2.24, 2.45) is 0 Å². The van der Waals surface area contributed by atoms with Gasteiger partial charge in [0.2, 0.25) is 0 Å². The second-order valence-corrected chi connectivity index (χ2v) is 20.6. The largest absolute Gasteiger partial charge is 0.456 e. The van der Waals surface area contributed by atoms with Crippen LogP contribution in [0.2, 0.25) is 0 Å². The summed E-state index contributed by atoms with van der Waals surface area (Å²) in [6.07, 6.45) is 0. The van der Waals surface area contributed by atoms with Crippen LogP contribution in [-0.4, -0.2) is 17.2 Å². The van der Waals surface area contributed by atoms with Crippen LogP contribution >= 0.6 is 0 Å². The van der Waals surface area contributed by atoms with Gasteiger partial charge in [-0.2, -0.15) is 0 Å². The van der Waals surface area contributed by atoms with Gasteiger partial charge < -0.3 is 13.6 Å². The highest BCUT2D eigenvalue weighted by atomic mass is 28.3. The fraction of sp³-hybridized carbons (Fsp3) is 0. The third-order valence-corrected chi connectivity index (χ3v) is 18.2. The maximum absolute atomic E-state index is 6.33. The van der Waals surface area contributed by atoms with E-state index >= 15 is 0 Å². The lowest BCUT2D eigenvalue weighted by Gasteiger charge is -2.34. The van der Waals surface area contributed by atoms with E-state index in [9.17, 15) is 0 Å². The van der Waals surface area contributed by atoms with Crippen LogP contribution in [0.3, 0.4) is 0 Å². The van der Waals surface area contributed by atoms with Crippen molar-refractivity contribution in [1.29, 1.82) is 0 Å². The first-order valence-corrected chi connectivity index (χ1v) is 24.0. The van der Waals surface area contributed by atoms with Crippen molar-refractivity contribution in [3.63, 3.8) is 0 Å². The fourth-order valence-electron chi connectivity index (χ4n) is 10.8. The summed E-state index contributed by atoms with van der Waals surface area (Å²) in [7, 11) is -2.75. The molecule has 4 heteroatoms. The molecule has 3 aromatic heterocycles. The lowest BCUT2D eigenvalue weighted by Crippen LogP contribution is -2.74. The number of nitrogens with zero attached hydrogens (tertiary/aromatic N) is 2. The molecular weight excluding hydrogens is 793 g/mol. The number of rotatable bonds is 7. The molecular formula is C60H40N2OSi. The van der Waals surface area contributed by atoms with Crippen LogP contribution in [-0.2, 0) is 0 Å². The smallest absolute Gasteiger partial charge is 0.179 e. The Balaban J connectivity index is 1.02. The van der Waals surface area contributed by atoms with Crippen LogP contribution in [0.4, 0.5) is 0 Å². The van der Waals surface area contributed by atoms with Crippen LogP contribution in [0.15, 0.2) is 247 Å². The molecule has 0 unspecified atom stereocenters. The molecule has 0 fully saturated rings. The normalized spacial score (nSPS) is 12.1. The van der Waals surface area contributed by atoms with Crippen LogP contribution in [0, 0.1) is 0 Å². The van der Waals surface area contributed by atoms with Gasteiger partial charge in [0.05, 0.1) is 22.1 Å². The lowest BCUT2D eigenvalue weighted by atomic mass is 9.98. The average Bonchev–Trinajstić information content (AvgIpc) is 4.03. The minimum absolute atomic E-state index is 0.903. The summed E-state index contributed by atoms with van der Waals surface area (Å²) in [5, 5.41) is 12.6. The first-order chi connectivity index (χ1) is 31.8. The van der Waals surface area contributed by atoms with Crippen molar-refractivity contribution >= 4 is 94.4 Å². The molecule has 13 rings (SSSR count). The summed E-state index contributed by atoms with van der Waals surface area (Å²) in [6, 6.07) is 89.3. The number of fused-ring (bicyclic) bond motifs is 9. The second kappa shape index (κ2) is 14.5. The van der Waals surface area contributed by atoms with Gasteiger partial charge in [-0.25, -0.2) is 0 Å². The van der Waals surface area contributed by atoms with Crippen molar-refractivity contribution in [3.8, 4) is 22.5 Å². The first kappa shape index (κ1) is 36.5. The van der Waals surface area contributed by atoms with Crippen molar-refractivity contribution in [1.82, 2.24) is 9.13 Å². The maximum Gasteiger partial charge on any atom is 0.179 e. The zero-order valence-corrected chi connectivity index (χ0v) is 35.9. The predicted octanol–water partition coefficient (Wildman–Crippen LogP) is 12.8. The van der Waals surface area contributed by atoms with Crippen LogP contribution in [0.25, 0.3) is 88.1 Å². The number of aromatic nitrogens is 2. The van der Waals surface area contributed by atoms with Gasteiger partial charge >= 0.3 is 0 Å².